The molecule has 0 unspecified atom stereocenters. The number of benzene rings is 1. The summed E-state index contributed by atoms with van der Waals surface area (Å²) in [6.45, 7) is 4.18. The van der Waals surface area contributed by atoms with Gasteiger partial charge in [0, 0.05) is 11.5 Å². The minimum Gasteiger partial charge on any atom is -0.282 e. The number of nitrogens with zero attached hydrogens (tertiary/aromatic N) is 3. The Morgan fingerprint density at radius 3 is 2.12 bits per heavy atom. The summed E-state index contributed by atoms with van der Waals surface area (Å²) in [4.78, 5) is 2.41. The number of aryl methyl sites for hydroxylation is 1. The summed E-state index contributed by atoms with van der Waals surface area (Å²) < 4.78 is 29.6. The molecule has 0 aliphatic carbocycles. The Kier molecular flexibility index (Phi) is 6.17. The summed E-state index contributed by atoms with van der Waals surface area (Å²) in [6, 6.07) is 5.99. The molecule has 88 valence electrons. The van der Waals surface area contributed by atoms with Crippen molar-refractivity contribution in [1.29, 1.82) is 0 Å². The SMILES string of the molecule is CCN=[N+]=[N-].Cc1ccc(S(=O)(=O)O)cc1. The first-order valence-corrected chi connectivity index (χ1v) is 5.90. The van der Waals surface area contributed by atoms with Gasteiger partial charge in [-0.3, -0.25) is 4.55 Å². The van der Waals surface area contributed by atoms with Crippen LogP contribution in [0.3, 0.4) is 0 Å². The van der Waals surface area contributed by atoms with Gasteiger partial charge in [-0.1, -0.05) is 29.7 Å². The van der Waals surface area contributed by atoms with Crippen molar-refractivity contribution in [3.63, 3.8) is 0 Å². The van der Waals surface area contributed by atoms with Gasteiger partial charge >= 0.3 is 0 Å². The molecule has 1 aromatic carbocycles. The normalized spacial score (nSPS) is 9.69. The zero-order chi connectivity index (χ0) is 12.6. The van der Waals surface area contributed by atoms with E-state index in [0.29, 0.717) is 6.54 Å². The molecule has 1 aromatic rings. The second kappa shape index (κ2) is 6.84. The third-order valence-electron chi connectivity index (χ3n) is 1.52. The monoisotopic (exact) mass is 243 g/mol. The Hall–Kier alpha value is -1.56. The van der Waals surface area contributed by atoms with Gasteiger partial charge in [-0.25, -0.2) is 0 Å². The molecule has 0 radical (unpaired) electrons. The third-order valence-corrected chi connectivity index (χ3v) is 2.39. The molecule has 1 N–H and O–H groups in total. The van der Waals surface area contributed by atoms with Crippen LogP contribution in [0.1, 0.15) is 12.5 Å². The van der Waals surface area contributed by atoms with Gasteiger partial charge in [0.2, 0.25) is 0 Å². The Bertz CT molecular complexity index is 461. The molecule has 0 aromatic heterocycles. The number of hydrogen-bond acceptors (Lipinski definition) is 3. The zero-order valence-corrected chi connectivity index (χ0v) is 9.85. The Labute approximate surface area is 94.3 Å². The Balaban J connectivity index is 0.000000385. The molecule has 0 atom stereocenters. The largest absolute Gasteiger partial charge is 0.294 e. The first kappa shape index (κ1) is 14.4. The van der Waals surface area contributed by atoms with Crippen molar-refractivity contribution in [2.45, 2.75) is 18.7 Å². The molecule has 0 aliphatic heterocycles. The van der Waals surface area contributed by atoms with Crippen LogP contribution in [0.2, 0.25) is 0 Å². The van der Waals surface area contributed by atoms with E-state index in [9.17, 15) is 8.42 Å². The highest BCUT2D eigenvalue weighted by Gasteiger charge is 2.06. The highest BCUT2D eigenvalue weighted by Crippen LogP contribution is 2.08. The maximum Gasteiger partial charge on any atom is 0.294 e. The van der Waals surface area contributed by atoms with E-state index in [1.165, 1.54) is 12.1 Å². The standard InChI is InChI=1S/C7H8O3S.C2H5N3/c1-6-2-4-7(5-3-6)11(8,9)10;1-2-4-5-3/h2-5H,1H3,(H,8,9,10);2H2,1H3. The van der Waals surface area contributed by atoms with Gasteiger partial charge in [0.25, 0.3) is 10.1 Å². The zero-order valence-electron chi connectivity index (χ0n) is 9.03. The van der Waals surface area contributed by atoms with Crippen molar-refractivity contribution in [2.24, 2.45) is 5.11 Å². The predicted octanol–water partition coefficient (Wildman–Crippen LogP) is 2.56. The molecule has 0 heterocycles. The van der Waals surface area contributed by atoms with Crippen LogP contribution < -0.4 is 0 Å². The lowest BCUT2D eigenvalue weighted by Crippen LogP contribution is -1.96. The van der Waals surface area contributed by atoms with E-state index >= 15 is 0 Å². The lowest BCUT2D eigenvalue weighted by Gasteiger charge is -1.95. The summed E-state index contributed by atoms with van der Waals surface area (Å²) >= 11 is 0. The first-order valence-electron chi connectivity index (χ1n) is 4.46. The molecule has 16 heavy (non-hydrogen) atoms. The van der Waals surface area contributed by atoms with Crippen LogP contribution in [0, 0.1) is 6.92 Å². The van der Waals surface area contributed by atoms with Crippen molar-refractivity contribution in [3.8, 4) is 0 Å². The van der Waals surface area contributed by atoms with E-state index in [-0.39, 0.29) is 4.90 Å². The van der Waals surface area contributed by atoms with Crippen LogP contribution in [0.15, 0.2) is 34.3 Å². The van der Waals surface area contributed by atoms with Crippen molar-refractivity contribution in [1.82, 2.24) is 0 Å². The number of rotatable bonds is 2. The second-order valence-electron chi connectivity index (χ2n) is 2.84. The second-order valence-corrected chi connectivity index (χ2v) is 4.26. The van der Waals surface area contributed by atoms with Crippen molar-refractivity contribution in [2.75, 3.05) is 6.54 Å². The summed E-state index contributed by atoms with van der Waals surface area (Å²) in [7, 11) is -4.02. The number of azide groups is 1. The van der Waals surface area contributed by atoms with E-state index in [4.69, 9.17) is 10.1 Å². The molecule has 0 saturated carbocycles. The van der Waals surface area contributed by atoms with Gasteiger partial charge in [-0.05, 0) is 24.6 Å². The molecule has 7 heteroatoms. The maximum atomic E-state index is 10.5. The van der Waals surface area contributed by atoms with Crippen molar-refractivity contribution < 1.29 is 13.0 Å². The smallest absolute Gasteiger partial charge is 0.282 e. The molecular weight excluding hydrogens is 230 g/mol. The average molecular weight is 243 g/mol. The fourth-order valence-electron chi connectivity index (χ4n) is 0.773. The van der Waals surface area contributed by atoms with Gasteiger partial charge in [0.15, 0.2) is 0 Å². The lowest BCUT2D eigenvalue weighted by atomic mass is 10.2. The van der Waals surface area contributed by atoms with Gasteiger partial charge in [-0.15, -0.1) is 0 Å². The highest BCUT2D eigenvalue weighted by atomic mass is 32.2. The molecule has 0 amide bonds. The molecule has 0 bridgehead atoms. The van der Waals surface area contributed by atoms with Crippen LogP contribution in [-0.2, 0) is 10.1 Å². The summed E-state index contributed by atoms with van der Waals surface area (Å²) in [5, 5.41) is 3.15. The van der Waals surface area contributed by atoms with Crippen LogP contribution >= 0.6 is 0 Å². The third kappa shape index (κ3) is 6.02. The molecule has 6 nitrogen and oxygen atoms in total. The van der Waals surface area contributed by atoms with Crippen LogP contribution in [0.5, 0.6) is 0 Å². The Morgan fingerprint density at radius 1 is 1.38 bits per heavy atom. The van der Waals surface area contributed by atoms with Gasteiger partial charge in [0.1, 0.15) is 0 Å². The van der Waals surface area contributed by atoms with Gasteiger partial charge in [0.05, 0.1) is 4.90 Å². The first-order chi connectivity index (χ1) is 7.41. The minimum absolute atomic E-state index is 0.0666. The fourth-order valence-corrected chi connectivity index (χ4v) is 1.25. The van der Waals surface area contributed by atoms with E-state index < -0.39 is 10.1 Å². The molecule has 1 rings (SSSR count). The van der Waals surface area contributed by atoms with Gasteiger partial charge < -0.3 is 0 Å². The van der Waals surface area contributed by atoms with Gasteiger partial charge in [-0.2, -0.15) is 8.42 Å². The van der Waals surface area contributed by atoms with Crippen molar-refractivity contribution in [3.05, 3.63) is 40.3 Å². The Morgan fingerprint density at radius 2 is 1.88 bits per heavy atom. The van der Waals surface area contributed by atoms with E-state index in [2.05, 4.69) is 10.0 Å². The quantitative estimate of drug-likeness (QED) is 0.373. The van der Waals surface area contributed by atoms with Crippen molar-refractivity contribution >= 4 is 10.1 Å². The molecule has 0 aliphatic rings. The molecule has 0 fully saturated rings. The summed E-state index contributed by atoms with van der Waals surface area (Å²) in [5.41, 5.74) is 8.48. The average Bonchev–Trinajstić information content (AvgIpc) is 2.19. The topological polar surface area (TPSA) is 103 Å². The number of hydrogen-bond donors (Lipinski definition) is 1. The predicted molar refractivity (Wildman–Crippen MR) is 60.7 cm³/mol. The fraction of sp³-hybridized carbons (Fsp3) is 0.333. The van der Waals surface area contributed by atoms with E-state index in [1.807, 2.05) is 6.92 Å². The van der Waals surface area contributed by atoms with E-state index in [0.717, 1.165) is 5.56 Å². The van der Waals surface area contributed by atoms with Crippen LogP contribution in [0.25, 0.3) is 10.4 Å². The van der Waals surface area contributed by atoms with Crippen LogP contribution in [0.4, 0.5) is 0 Å². The maximum absolute atomic E-state index is 10.5. The molecule has 0 saturated heterocycles. The summed E-state index contributed by atoms with van der Waals surface area (Å²) in [6.07, 6.45) is 0. The summed E-state index contributed by atoms with van der Waals surface area (Å²) in [5.74, 6) is 0. The lowest BCUT2D eigenvalue weighted by molar-refractivity contribution is 0.483. The minimum atomic E-state index is -4.02. The molecule has 0 spiro atoms. The van der Waals surface area contributed by atoms with E-state index in [1.54, 1.807) is 19.1 Å². The van der Waals surface area contributed by atoms with Crippen LogP contribution in [-0.4, -0.2) is 19.5 Å². The molecular formula is C9H13N3O3S. The highest BCUT2D eigenvalue weighted by molar-refractivity contribution is 7.85.